The highest BCUT2D eigenvalue weighted by molar-refractivity contribution is 6.76. The molecule has 0 unspecified atom stereocenters. The molecule has 2 aromatic carbocycles. The number of anilines is 1. The Bertz CT molecular complexity index is 1610. The number of carbonyl (C=O) groups is 1. The number of piperidine rings is 1. The van der Waals surface area contributed by atoms with Crippen LogP contribution in [0.4, 0.5) is 14.5 Å². The number of ether oxygens (including phenoxy) is 2. The van der Waals surface area contributed by atoms with Crippen molar-refractivity contribution in [2.45, 2.75) is 57.7 Å². The molecular weight excluding hydrogens is 580 g/mol. The van der Waals surface area contributed by atoms with Gasteiger partial charge in [-0.3, -0.25) is 9.69 Å². The first-order chi connectivity index (χ1) is 21.0. The largest absolute Gasteiger partial charge is 0.438 e. The zero-order chi connectivity index (χ0) is 31.3. The van der Waals surface area contributed by atoms with Crippen LogP contribution in [0.3, 0.4) is 0 Å². The molecule has 1 N–H and O–H groups in total. The zero-order valence-corrected chi connectivity index (χ0v) is 26.5. The molecule has 0 saturated carbocycles. The Morgan fingerprint density at radius 3 is 2.55 bits per heavy atom. The molecule has 4 aromatic rings. The highest BCUT2D eigenvalue weighted by Crippen LogP contribution is 2.35. The van der Waals surface area contributed by atoms with E-state index in [1.54, 1.807) is 24.3 Å². The summed E-state index contributed by atoms with van der Waals surface area (Å²) in [6, 6.07) is 18.3. The fourth-order valence-corrected chi connectivity index (χ4v) is 5.80. The van der Waals surface area contributed by atoms with Crippen molar-refractivity contribution in [2.24, 2.45) is 0 Å². The van der Waals surface area contributed by atoms with Crippen molar-refractivity contribution in [1.29, 1.82) is 0 Å². The Morgan fingerprint density at radius 1 is 1.09 bits per heavy atom. The summed E-state index contributed by atoms with van der Waals surface area (Å²) in [5.41, 5.74) is 4.18. The minimum atomic E-state index is -2.55. The number of halogens is 2. The first-order valence-electron chi connectivity index (χ1n) is 14.8. The van der Waals surface area contributed by atoms with E-state index >= 15 is 0 Å². The summed E-state index contributed by atoms with van der Waals surface area (Å²) in [6.07, 6.45) is 2.48. The lowest BCUT2D eigenvalue weighted by atomic mass is 10.0. The number of fused-ring (bicyclic) bond motifs is 1. The van der Waals surface area contributed by atoms with Crippen LogP contribution in [0, 0.1) is 0 Å². The SMILES string of the molecule is C=CC(=O)Nc1cccc(Oc2ncnc3c2cc(-c2ccc(CN4CCC(F)(F)CC4)cc2)n3COCC[Si](C)(C)C)c1. The molecule has 44 heavy (non-hydrogen) atoms. The van der Waals surface area contributed by atoms with Crippen LogP contribution in [-0.4, -0.2) is 59.0 Å². The minimum absolute atomic E-state index is 0.0952. The summed E-state index contributed by atoms with van der Waals surface area (Å²) >= 11 is 0. The number of aromatic nitrogens is 3. The normalized spacial score (nSPS) is 15.3. The molecule has 0 bridgehead atoms. The van der Waals surface area contributed by atoms with E-state index in [4.69, 9.17) is 9.47 Å². The van der Waals surface area contributed by atoms with Crippen LogP contribution >= 0.6 is 0 Å². The van der Waals surface area contributed by atoms with Gasteiger partial charge in [0, 0.05) is 58.9 Å². The van der Waals surface area contributed by atoms with E-state index in [0.29, 0.717) is 55.9 Å². The van der Waals surface area contributed by atoms with E-state index in [1.807, 2.05) is 34.9 Å². The standard InChI is InChI=1S/C33H39F2N5O3Si/c1-5-30(41)38-26-7-6-8-27(19-26)43-32-28-20-29(40(31(28)36-22-37-32)23-42-17-18-44(2,3)4)25-11-9-24(10-12-25)21-39-15-13-33(34,35)14-16-39/h5-12,19-20,22H,1,13-18,21,23H2,2-4H3,(H,38,41). The highest BCUT2D eigenvalue weighted by Gasteiger charge is 2.33. The topological polar surface area (TPSA) is 81.5 Å². The molecule has 1 fully saturated rings. The van der Waals surface area contributed by atoms with Gasteiger partial charge in [-0.15, -0.1) is 0 Å². The number of alkyl halides is 2. The predicted octanol–water partition coefficient (Wildman–Crippen LogP) is 7.56. The maximum Gasteiger partial charge on any atom is 0.250 e. The quantitative estimate of drug-likeness (QED) is 0.100. The summed E-state index contributed by atoms with van der Waals surface area (Å²) in [4.78, 5) is 22.9. The third-order valence-corrected chi connectivity index (χ3v) is 9.32. The van der Waals surface area contributed by atoms with Crippen LogP contribution in [0.2, 0.25) is 25.7 Å². The average Bonchev–Trinajstić information content (AvgIpc) is 3.36. The summed E-state index contributed by atoms with van der Waals surface area (Å²) < 4.78 is 41.6. The van der Waals surface area contributed by atoms with Crippen LogP contribution < -0.4 is 10.1 Å². The van der Waals surface area contributed by atoms with Crippen molar-refractivity contribution < 1.29 is 23.0 Å². The predicted molar refractivity (Wildman–Crippen MR) is 172 cm³/mol. The molecule has 1 aliphatic rings. The number of amides is 1. The molecule has 232 valence electrons. The lowest BCUT2D eigenvalue weighted by Gasteiger charge is -2.31. The van der Waals surface area contributed by atoms with Crippen molar-refractivity contribution in [2.75, 3.05) is 25.0 Å². The fraction of sp³-hybridized carbons (Fsp3) is 0.364. The van der Waals surface area contributed by atoms with E-state index in [0.717, 1.165) is 28.3 Å². The Kier molecular flexibility index (Phi) is 9.57. The molecule has 0 spiro atoms. The van der Waals surface area contributed by atoms with Crippen molar-refractivity contribution in [3.8, 4) is 22.9 Å². The Morgan fingerprint density at radius 2 is 1.84 bits per heavy atom. The van der Waals surface area contributed by atoms with Gasteiger partial charge in [-0.05, 0) is 41.4 Å². The minimum Gasteiger partial charge on any atom is -0.438 e. The summed E-state index contributed by atoms with van der Waals surface area (Å²) in [7, 11) is -1.27. The van der Waals surface area contributed by atoms with E-state index in [2.05, 4.69) is 46.4 Å². The summed E-state index contributed by atoms with van der Waals surface area (Å²) in [6.45, 7) is 12.8. The summed E-state index contributed by atoms with van der Waals surface area (Å²) in [5.74, 6) is -1.98. The van der Waals surface area contributed by atoms with E-state index in [9.17, 15) is 13.6 Å². The first-order valence-corrected chi connectivity index (χ1v) is 18.5. The Hall–Kier alpha value is -3.93. The van der Waals surface area contributed by atoms with Gasteiger partial charge in [0.15, 0.2) is 0 Å². The van der Waals surface area contributed by atoms with Gasteiger partial charge in [-0.2, -0.15) is 0 Å². The van der Waals surface area contributed by atoms with Crippen molar-refractivity contribution in [1.82, 2.24) is 19.4 Å². The monoisotopic (exact) mass is 619 g/mol. The highest BCUT2D eigenvalue weighted by atomic mass is 28.3. The molecular formula is C33H39F2N5O3Si. The molecule has 11 heteroatoms. The fourth-order valence-electron chi connectivity index (χ4n) is 5.05. The molecule has 2 aromatic heterocycles. The third-order valence-electron chi connectivity index (χ3n) is 7.62. The van der Waals surface area contributed by atoms with Gasteiger partial charge in [-0.1, -0.05) is 56.6 Å². The van der Waals surface area contributed by atoms with Crippen LogP contribution in [-0.2, 0) is 22.8 Å². The summed E-state index contributed by atoms with van der Waals surface area (Å²) in [5, 5.41) is 3.46. The number of rotatable bonds is 12. The van der Waals surface area contributed by atoms with Crippen LogP contribution in [0.1, 0.15) is 18.4 Å². The van der Waals surface area contributed by atoms with Crippen LogP contribution in [0.15, 0.2) is 73.6 Å². The van der Waals surface area contributed by atoms with Crippen molar-refractivity contribution in [3.05, 3.63) is 79.1 Å². The number of nitrogens with zero attached hydrogens (tertiary/aromatic N) is 4. The first kappa shape index (κ1) is 31.5. The second-order valence-corrected chi connectivity index (χ2v) is 18.0. The number of hydrogen-bond acceptors (Lipinski definition) is 6. The molecule has 0 atom stereocenters. The zero-order valence-electron chi connectivity index (χ0n) is 25.5. The number of nitrogens with one attached hydrogen (secondary N) is 1. The van der Waals surface area contributed by atoms with E-state index < -0.39 is 14.0 Å². The molecule has 8 nitrogen and oxygen atoms in total. The molecule has 0 radical (unpaired) electrons. The second-order valence-electron chi connectivity index (χ2n) is 12.4. The van der Waals surface area contributed by atoms with Gasteiger partial charge in [0.1, 0.15) is 24.5 Å². The van der Waals surface area contributed by atoms with Gasteiger partial charge in [0.2, 0.25) is 11.8 Å². The number of hydrogen-bond donors (Lipinski definition) is 1. The van der Waals surface area contributed by atoms with Gasteiger partial charge >= 0.3 is 0 Å². The molecule has 1 amide bonds. The van der Waals surface area contributed by atoms with Gasteiger partial charge < -0.3 is 19.4 Å². The maximum absolute atomic E-state index is 13.6. The average molecular weight is 620 g/mol. The van der Waals surface area contributed by atoms with Crippen molar-refractivity contribution in [3.63, 3.8) is 0 Å². The lowest BCUT2D eigenvalue weighted by molar-refractivity contribution is -0.111. The molecule has 1 saturated heterocycles. The Balaban J connectivity index is 1.42. The van der Waals surface area contributed by atoms with Gasteiger partial charge in [0.25, 0.3) is 5.92 Å². The van der Waals surface area contributed by atoms with Crippen molar-refractivity contribution >= 4 is 30.7 Å². The number of carbonyl (C=O) groups excluding carboxylic acids is 1. The van der Waals surface area contributed by atoms with E-state index in [-0.39, 0.29) is 18.7 Å². The third kappa shape index (κ3) is 8.16. The van der Waals surface area contributed by atoms with Gasteiger partial charge in [0.05, 0.1) is 11.1 Å². The molecule has 1 aliphatic heterocycles. The molecule has 0 aliphatic carbocycles. The molecule has 5 rings (SSSR count). The number of benzene rings is 2. The molecule has 3 heterocycles. The lowest BCUT2D eigenvalue weighted by Crippen LogP contribution is -2.38. The maximum atomic E-state index is 13.6. The van der Waals surface area contributed by atoms with Gasteiger partial charge in [-0.25, -0.2) is 18.7 Å². The number of likely N-dealkylation sites (tertiary alicyclic amines) is 1. The smallest absolute Gasteiger partial charge is 0.250 e. The Labute approximate surface area is 257 Å². The van der Waals surface area contributed by atoms with E-state index in [1.165, 1.54) is 12.4 Å². The van der Waals surface area contributed by atoms with Crippen LogP contribution in [0.5, 0.6) is 11.6 Å². The van der Waals surface area contributed by atoms with Crippen LogP contribution in [0.25, 0.3) is 22.3 Å². The second kappa shape index (κ2) is 13.4.